The largest absolute Gasteiger partial charge is 0.427 e. The maximum absolute atomic E-state index is 14.1. The number of rotatable bonds is 12. The van der Waals surface area contributed by atoms with Crippen molar-refractivity contribution in [2.24, 2.45) is 0 Å². The number of morpholine rings is 1. The first kappa shape index (κ1) is 31.9. The molecule has 1 heterocycles. The van der Waals surface area contributed by atoms with E-state index in [0.717, 1.165) is 0 Å². The molecule has 0 radical (unpaired) electrons. The minimum atomic E-state index is -7.73. The number of sulfonamides is 1. The zero-order valence-electron chi connectivity index (χ0n) is 17.3. The van der Waals surface area contributed by atoms with Gasteiger partial charge in [-0.3, -0.25) is 4.90 Å². The lowest BCUT2D eigenvalue weighted by Gasteiger charge is -2.39. The van der Waals surface area contributed by atoms with Gasteiger partial charge in [-0.25, -0.2) is 17.2 Å². The van der Waals surface area contributed by atoms with Crippen LogP contribution in [0.4, 0.5) is 61.5 Å². The molecule has 0 aromatic carbocycles. The highest BCUT2D eigenvalue weighted by molar-refractivity contribution is 7.90. The van der Waals surface area contributed by atoms with E-state index in [-0.39, 0.29) is 33.4 Å². The van der Waals surface area contributed by atoms with Crippen LogP contribution < -0.4 is 0 Å². The van der Waals surface area contributed by atoms with Crippen molar-refractivity contribution in [1.29, 1.82) is 0 Å². The number of likely N-dealkylation sites (N-methyl/N-ethyl adjacent to an activating group) is 1. The molecule has 0 N–H and O–H groups in total. The van der Waals surface area contributed by atoms with Gasteiger partial charge in [0.2, 0.25) is 0 Å². The first-order valence-corrected chi connectivity index (χ1v) is 10.6. The number of hydrogen-bond donors (Lipinski definition) is 0. The first-order valence-electron chi connectivity index (χ1n) is 9.21. The van der Waals surface area contributed by atoms with Crippen molar-refractivity contribution >= 4 is 10.0 Å². The molecule has 5 nitrogen and oxygen atoms in total. The Morgan fingerprint density at radius 3 is 1.71 bits per heavy atom. The van der Waals surface area contributed by atoms with Crippen LogP contribution in [0.5, 0.6) is 0 Å². The molecule has 0 unspecified atom stereocenters. The van der Waals surface area contributed by atoms with Gasteiger partial charge < -0.3 is 4.74 Å². The molecule has 0 aromatic rings. The van der Waals surface area contributed by atoms with Gasteiger partial charge >= 0.3 is 41.3 Å². The minimum Gasteiger partial charge on any atom is -0.379 e. The van der Waals surface area contributed by atoms with Gasteiger partial charge in [0.15, 0.2) is 0 Å². The van der Waals surface area contributed by atoms with E-state index >= 15 is 0 Å². The lowest BCUT2D eigenvalue weighted by Crippen LogP contribution is -2.67. The van der Waals surface area contributed by atoms with Crippen LogP contribution in [0.25, 0.3) is 0 Å². The van der Waals surface area contributed by atoms with Gasteiger partial charge in [0.05, 0.1) is 19.6 Å². The molecule has 1 saturated heterocycles. The van der Waals surface area contributed by atoms with E-state index in [0.29, 0.717) is 0 Å². The fourth-order valence-corrected chi connectivity index (χ4v) is 3.83. The highest BCUT2D eigenvalue weighted by Gasteiger charge is 2.86. The van der Waals surface area contributed by atoms with Gasteiger partial charge in [-0.05, 0) is 0 Å². The lowest BCUT2D eigenvalue weighted by atomic mass is 9.95. The van der Waals surface area contributed by atoms with E-state index in [1.807, 2.05) is 0 Å². The number of hydrogen-bond acceptors (Lipinski definition) is 4. The maximum Gasteiger partial charge on any atom is 0.427 e. The molecule has 0 atom stereocenters. The summed E-state index contributed by atoms with van der Waals surface area (Å²) in [5.74, 6) is -36.2. The Hall–Kier alpha value is -1.15. The van der Waals surface area contributed by atoms with Crippen LogP contribution in [0, 0.1) is 0 Å². The Kier molecular flexibility index (Phi) is 9.07. The van der Waals surface area contributed by atoms with Crippen molar-refractivity contribution in [1.82, 2.24) is 9.21 Å². The van der Waals surface area contributed by atoms with Gasteiger partial charge in [-0.1, -0.05) is 0 Å². The van der Waals surface area contributed by atoms with Crippen molar-refractivity contribution < 1.29 is 74.6 Å². The second kappa shape index (κ2) is 9.96. The molecule has 0 bridgehead atoms. The topological polar surface area (TPSA) is 49.9 Å². The summed E-state index contributed by atoms with van der Waals surface area (Å²) < 4.78 is 215. The maximum atomic E-state index is 14.1. The second-order valence-electron chi connectivity index (χ2n) is 7.46. The molecule has 20 heteroatoms. The average Bonchev–Trinajstić information content (AvgIpc) is 2.71. The quantitative estimate of drug-likeness (QED) is 0.332. The van der Waals surface area contributed by atoms with E-state index in [2.05, 4.69) is 0 Å². The second-order valence-corrected chi connectivity index (χ2v) is 9.54. The number of halogens is 14. The average molecular weight is 572 g/mol. The Morgan fingerprint density at radius 1 is 0.829 bits per heavy atom. The molecule has 1 aliphatic heterocycles. The summed E-state index contributed by atoms with van der Waals surface area (Å²) in [6.45, 7) is -0.996. The zero-order chi connectivity index (χ0) is 27.9. The van der Waals surface area contributed by atoms with Crippen LogP contribution in [0.2, 0.25) is 0 Å². The van der Waals surface area contributed by atoms with Crippen LogP contribution in [-0.2, 0) is 14.8 Å². The summed E-state index contributed by atoms with van der Waals surface area (Å²) in [4.78, 5) is 1.37. The van der Waals surface area contributed by atoms with E-state index in [1.54, 1.807) is 0 Å². The Labute approximate surface area is 189 Å². The van der Waals surface area contributed by atoms with Crippen molar-refractivity contribution in [3.8, 4) is 0 Å². The van der Waals surface area contributed by atoms with Crippen LogP contribution >= 0.6 is 0 Å². The number of ether oxygens (including phenoxy) is 1. The fraction of sp³-hybridized carbons (Fsp3) is 1.00. The zero-order valence-corrected chi connectivity index (χ0v) is 18.2. The monoisotopic (exact) mass is 572 g/mol. The van der Waals surface area contributed by atoms with Crippen molar-refractivity contribution in [3.05, 3.63) is 0 Å². The summed E-state index contributed by atoms with van der Waals surface area (Å²) in [5, 5.41) is -7.09. The Bertz CT molecular complexity index is 831. The first-order chi connectivity index (χ1) is 15.4. The molecule has 0 amide bonds. The Balaban J connectivity index is 3.25. The Morgan fingerprint density at radius 2 is 1.29 bits per heavy atom. The number of alkyl halides is 14. The molecule has 1 rings (SSSR count). The highest BCUT2D eigenvalue weighted by atomic mass is 32.2. The molecular formula is C15H18F14N2O3S. The summed E-state index contributed by atoms with van der Waals surface area (Å²) in [5.41, 5.74) is 0. The van der Waals surface area contributed by atoms with Crippen LogP contribution in [0.1, 0.15) is 6.42 Å². The van der Waals surface area contributed by atoms with Gasteiger partial charge in [0.1, 0.15) is 0 Å². The fourth-order valence-electron chi connectivity index (χ4n) is 2.66. The molecule has 0 aromatic heterocycles. The minimum absolute atomic E-state index is 0.112. The molecular weight excluding hydrogens is 554 g/mol. The third-order valence-corrected chi connectivity index (χ3v) is 6.90. The third-order valence-electron chi connectivity index (χ3n) is 4.99. The van der Waals surface area contributed by atoms with Crippen molar-refractivity contribution in [2.75, 3.05) is 46.4 Å². The smallest absolute Gasteiger partial charge is 0.379 e. The highest BCUT2D eigenvalue weighted by Crippen LogP contribution is 2.58. The van der Waals surface area contributed by atoms with Crippen LogP contribution in [-0.4, -0.2) is 105 Å². The van der Waals surface area contributed by atoms with Gasteiger partial charge in [0.25, 0.3) is 10.0 Å². The predicted molar refractivity (Wildman–Crippen MR) is 89.1 cm³/mol. The van der Waals surface area contributed by atoms with E-state index in [9.17, 15) is 69.9 Å². The van der Waals surface area contributed by atoms with Gasteiger partial charge in [-0.15, -0.1) is 0 Å². The molecule has 210 valence electrons. The van der Waals surface area contributed by atoms with Gasteiger partial charge in [-0.2, -0.15) is 57.0 Å². The molecule has 1 aliphatic rings. The standard InChI is InChI=1S/C15H18F14N2O3S/c1-30(2-3-31-4-6-34-7-5-31)35(32,33)15(28,29)14(26,27)13(24,25)11(20,21)8-10(18,19)12(22,23)9(16)17/h9H,2-8H2,1H3. The molecule has 0 saturated carbocycles. The SMILES string of the molecule is CN(CCN1CCOCC1)S(=O)(=O)C(F)(F)C(F)(F)C(F)(F)C(F)(F)CC(F)(F)C(F)(F)C(F)F. The normalized spacial score (nSPS) is 18.5. The molecule has 1 fully saturated rings. The summed E-state index contributed by atoms with van der Waals surface area (Å²) in [6, 6.07) is 0. The van der Waals surface area contributed by atoms with Gasteiger partial charge in [0, 0.05) is 33.2 Å². The van der Waals surface area contributed by atoms with E-state index < -0.39 is 75.1 Å². The van der Waals surface area contributed by atoms with Crippen LogP contribution in [0.3, 0.4) is 0 Å². The number of nitrogens with zero attached hydrogens (tertiary/aromatic N) is 2. The van der Waals surface area contributed by atoms with Crippen LogP contribution in [0.15, 0.2) is 0 Å². The molecule has 0 spiro atoms. The molecule has 35 heavy (non-hydrogen) atoms. The van der Waals surface area contributed by atoms with E-state index in [1.165, 1.54) is 4.90 Å². The summed E-state index contributed by atoms with van der Waals surface area (Å²) in [7, 11) is -6.70. The van der Waals surface area contributed by atoms with E-state index in [4.69, 9.17) is 4.74 Å². The van der Waals surface area contributed by atoms with Crippen molar-refractivity contribution in [2.45, 2.75) is 47.7 Å². The summed E-state index contributed by atoms with van der Waals surface area (Å²) >= 11 is 0. The third kappa shape index (κ3) is 5.58. The molecule has 0 aliphatic carbocycles. The van der Waals surface area contributed by atoms with Crippen molar-refractivity contribution in [3.63, 3.8) is 0 Å². The summed E-state index contributed by atoms with van der Waals surface area (Å²) in [6.07, 6.45) is -9.88. The predicted octanol–water partition coefficient (Wildman–Crippen LogP) is 4.00. The lowest BCUT2D eigenvalue weighted by molar-refractivity contribution is -0.368.